The molecule has 9 heteroatoms. The molecule has 0 amide bonds. The summed E-state index contributed by atoms with van der Waals surface area (Å²) < 4.78 is 16.6. The largest absolute Gasteiger partial charge is 0.466 e. The molecule has 4 aromatic rings. The van der Waals surface area contributed by atoms with E-state index >= 15 is 0 Å². The zero-order valence-corrected chi connectivity index (χ0v) is 16.6. The first-order chi connectivity index (χ1) is 12.9. The van der Waals surface area contributed by atoms with Crippen LogP contribution in [0.4, 0.5) is 0 Å². The summed E-state index contributed by atoms with van der Waals surface area (Å²) in [6, 6.07) is 3.85. The summed E-state index contributed by atoms with van der Waals surface area (Å²) in [5, 5.41) is 8.94. The molecule has 0 aromatic carbocycles. The van der Waals surface area contributed by atoms with Crippen LogP contribution >= 0.6 is 12.4 Å². The summed E-state index contributed by atoms with van der Waals surface area (Å²) in [4.78, 5) is 9.19. The molecule has 0 aliphatic heterocycles. The maximum absolute atomic E-state index is 6.34. The lowest BCUT2D eigenvalue weighted by molar-refractivity contribution is 0.229. The highest BCUT2D eigenvalue weighted by molar-refractivity contribution is 5.93. The third-order valence-corrected chi connectivity index (χ3v) is 5.28. The molecule has 4 heterocycles. The highest BCUT2D eigenvalue weighted by Crippen LogP contribution is 2.39. The van der Waals surface area contributed by atoms with Gasteiger partial charge in [0.25, 0.3) is 11.6 Å². The Hall–Kier alpha value is -2.71. The number of aryl methyl sites for hydroxylation is 3. The minimum Gasteiger partial charge on any atom is -0.466 e. The van der Waals surface area contributed by atoms with Crippen molar-refractivity contribution in [2.75, 3.05) is 0 Å². The molecule has 28 heavy (non-hydrogen) atoms. The molecule has 0 bridgehead atoms. The quantitative estimate of drug-likeness (QED) is 0.542. The van der Waals surface area contributed by atoms with Gasteiger partial charge in [-0.1, -0.05) is 10.3 Å². The minimum atomic E-state index is -0.487. The van der Waals surface area contributed by atoms with Crippen LogP contribution in [0.25, 0.3) is 33.8 Å². The van der Waals surface area contributed by atoms with Crippen LogP contribution in [0, 0.1) is 20.8 Å². The molecule has 5 rings (SSSR count). The molecule has 4 aromatic heterocycles. The summed E-state index contributed by atoms with van der Waals surface area (Å²) >= 11 is 0. The first-order valence-electron chi connectivity index (χ1n) is 8.92. The van der Waals surface area contributed by atoms with Gasteiger partial charge in [0.15, 0.2) is 5.82 Å². The summed E-state index contributed by atoms with van der Waals surface area (Å²) in [7, 11) is 0. The van der Waals surface area contributed by atoms with E-state index in [1.165, 1.54) is 0 Å². The van der Waals surface area contributed by atoms with Crippen molar-refractivity contribution in [3.8, 4) is 22.7 Å². The smallest absolute Gasteiger partial charge is 0.259 e. The number of nitrogens with two attached hydrogens (primary N) is 1. The Labute approximate surface area is 166 Å². The van der Waals surface area contributed by atoms with E-state index in [-0.39, 0.29) is 12.4 Å². The lowest BCUT2D eigenvalue weighted by atomic mass is 9.77. The first kappa shape index (κ1) is 18.6. The van der Waals surface area contributed by atoms with Crippen molar-refractivity contribution in [3.05, 3.63) is 35.2 Å². The number of pyridine rings is 1. The van der Waals surface area contributed by atoms with Crippen LogP contribution in [0.1, 0.15) is 42.3 Å². The van der Waals surface area contributed by atoms with Gasteiger partial charge in [-0.05, 0) is 52.2 Å². The van der Waals surface area contributed by atoms with Gasteiger partial charge in [0.2, 0.25) is 0 Å². The van der Waals surface area contributed by atoms with Gasteiger partial charge < -0.3 is 19.2 Å². The zero-order chi connectivity index (χ0) is 18.8. The van der Waals surface area contributed by atoms with Crippen molar-refractivity contribution in [2.45, 2.75) is 45.6 Å². The third-order valence-electron chi connectivity index (χ3n) is 5.28. The molecule has 8 nitrogen and oxygen atoms in total. The van der Waals surface area contributed by atoms with E-state index in [2.05, 4.69) is 20.3 Å². The molecule has 2 N–H and O–H groups in total. The van der Waals surface area contributed by atoms with E-state index in [0.29, 0.717) is 28.8 Å². The molecule has 1 fully saturated rings. The minimum absolute atomic E-state index is 0. The van der Waals surface area contributed by atoms with Gasteiger partial charge in [-0.25, -0.2) is 4.98 Å². The number of halogens is 1. The number of hydrogen-bond acceptors (Lipinski definition) is 8. The van der Waals surface area contributed by atoms with Crippen LogP contribution in [0.3, 0.4) is 0 Å². The molecule has 0 radical (unpaired) electrons. The second-order valence-corrected chi connectivity index (χ2v) is 7.26. The third kappa shape index (κ3) is 2.71. The maximum atomic E-state index is 6.34. The van der Waals surface area contributed by atoms with Gasteiger partial charge in [-0.15, -0.1) is 12.4 Å². The van der Waals surface area contributed by atoms with Gasteiger partial charge in [0.1, 0.15) is 11.5 Å². The predicted molar refractivity (Wildman–Crippen MR) is 104 cm³/mol. The summed E-state index contributed by atoms with van der Waals surface area (Å²) in [6.45, 7) is 5.66. The lowest BCUT2D eigenvalue weighted by Gasteiger charge is -2.34. The standard InChI is InChI=1S/C19H19N5O3.ClH/c1-9-7-12(11(3)25-9)14-8-13(15-10(2)23-27-17(15)21-14)16-22-18(24-26-16)19(20)5-4-6-19;/h7-8H,4-6,20H2,1-3H3;1H. The molecular weight excluding hydrogens is 382 g/mol. The maximum Gasteiger partial charge on any atom is 0.259 e. The van der Waals surface area contributed by atoms with Crippen LogP contribution in [-0.2, 0) is 5.54 Å². The van der Waals surface area contributed by atoms with Gasteiger partial charge in [0, 0.05) is 5.56 Å². The van der Waals surface area contributed by atoms with Crippen molar-refractivity contribution in [1.82, 2.24) is 20.3 Å². The van der Waals surface area contributed by atoms with Crippen molar-refractivity contribution in [3.63, 3.8) is 0 Å². The molecule has 0 atom stereocenters. The van der Waals surface area contributed by atoms with E-state index in [1.54, 1.807) is 0 Å². The molecule has 0 unspecified atom stereocenters. The Morgan fingerprint density at radius 1 is 1.00 bits per heavy atom. The fraction of sp³-hybridized carbons (Fsp3) is 0.368. The van der Waals surface area contributed by atoms with Crippen molar-refractivity contribution >= 4 is 23.5 Å². The molecule has 0 saturated heterocycles. The fourth-order valence-corrected chi connectivity index (χ4v) is 3.60. The van der Waals surface area contributed by atoms with E-state index in [1.807, 2.05) is 32.9 Å². The van der Waals surface area contributed by atoms with Crippen LogP contribution in [0.2, 0.25) is 0 Å². The molecular formula is C19H20ClN5O3. The van der Waals surface area contributed by atoms with Gasteiger partial charge in [-0.2, -0.15) is 4.98 Å². The highest BCUT2D eigenvalue weighted by atomic mass is 35.5. The van der Waals surface area contributed by atoms with Crippen LogP contribution < -0.4 is 5.73 Å². The molecule has 1 saturated carbocycles. The van der Waals surface area contributed by atoms with Crippen molar-refractivity contribution in [1.29, 1.82) is 0 Å². The summed E-state index contributed by atoms with van der Waals surface area (Å²) in [5.74, 6) is 2.53. The molecule has 146 valence electrons. The van der Waals surface area contributed by atoms with E-state index < -0.39 is 5.54 Å². The average Bonchev–Trinajstić information content (AvgIpc) is 3.32. The number of fused-ring (bicyclic) bond motifs is 1. The Morgan fingerprint density at radius 2 is 1.79 bits per heavy atom. The van der Waals surface area contributed by atoms with E-state index in [4.69, 9.17) is 19.2 Å². The Bertz CT molecular complexity index is 1170. The normalized spacial score (nSPS) is 15.4. The van der Waals surface area contributed by atoms with Gasteiger partial charge >= 0.3 is 0 Å². The highest BCUT2D eigenvalue weighted by Gasteiger charge is 2.39. The van der Waals surface area contributed by atoms with Crippen LogP contribution in [0.15, 0.2) is 25.6 Å². The molecule has 1 aliphatic carbocycles. The molecule has 1 aliphatic rings. The van der Waals surface area contributed by atoms with Crippen LogP contribution in [0.5, 0.6) is 0 Å². The van der Waals surface area contributed by atoms with Crippen molar-refractivity contribution in [2.24, 2.45) is 5.73 Å². The zero-order valence-electron chi connectivity index (χ0n) is 15.8. The lowest BCUT2D eigenvalue weighted by Crippen LogP contribution is -2.44. The topological polar surface area (TPSA) is 117 Å². The molecule has 0 spiro atoms. The Balaban J connectivity index is 0.00000192. The SMILES string of the molecule is Cc1cc(-c2cc(-c3nc(C4(N)CCC4)no3)c3c(C)noc3n2)c(C)o1.Cl. The number of hydrogen-bond donors (Lipinski definition) is 1. The van der Waals surface area contributed by atoms with Gasteiger partial charge in [0.05, 0.1) is 27.9 Å². The van der Waals surface area contributed by atoms with Crippen LogP contribution in [-0.4, -0.2) is 20.3 Å². The first-order valence-corrected chi connectivity index (χ1v) is 8.92. The van der Waals surface area contributed by atoms with E-state index in [0.717, 1.165) is 47.3 Å². The van der Waals surface area contributed by atoms with Gasteiger partial charge in [-0.3, -0.25) is 0 Å². The summed E-state index contributed by atoms with van der Waals surface area (Å²) in [6.07, 6.45) is 2.80. The Kier molecular flexibility index (Phi) is 4.28. The Morgan fingerprint density at radius 3 is 2.43 bits per heavy atom. The monoisotopic (exact) mass is 401 g/mol. The average molecular weight is 402 g/mol. The number of furan rings is 1. The van der Waals surface area contributed by atoms with Crippen molar-refractivity contribution < 1.29 is 13.5 Å². The number of rotatable bonds is 3. The van der Waals surface area contributed by atoms with E-state index in [9.17, 15) is 0 Å². The fourth-order valence-electron chi connectivity index (χ4n) is 3.60. The summed E-state index contributed by atoms with van der Waals surface area (Å²) in [5.41, 5.74) is 9.31. The predicted octanol–water partition coefficient (Wildman–Crippen LogP) is 4.22. The number of aromatic nitrogens is 4. The number of nitrogens with zero attached hydrogens (tertiary/aromatic N) is 4. The second kappa shape index (κ2) is 6.42. The second-order valence-electron chi connectivity index (χ2n) is 7.26.